The number of esters is 1. The van der Waals surface area contributed by atoms with Gasteiger partial charge in [-0.1, -0.05) is 42.5 Å². The van der Waals surface area contributed by atoms with E-state index in [2.05, 4.69) is 0 Å². The van der Waals surface area contributed by atoms with Gasteiger partial charge in [0.25, 0.3) is 0 Å². The van der Waals surface area contributed by atoms with Crippen molar-refractivity contribution in [3.8, 4) is 0 Å². The molecule has 1 aliphatic heterocycles. The van der Waals surface area contributed by atoms with E-state index >= 15 is 0 Å². The third-order valence-corrected chi connectivity index (χ3v) is 2.73. The van der Waals surface area contributed by atoms with E-state index in [9.17, 15) is 4.79 Å². The van der Waals surface area contributed by atoms with Crippen LogP contribution in [0.25, 0.3) is 0 Å². The Labute approximate surface area is 126 Å². The van der Waals surface area contributed by atoms with E-state index in [0.29, 0.717) is 13.2 Å². The number of allylic oxidation sites excluding steroid dienone is 6. The maximum absolute atomic E-state index is 11.0. The average Bonchev–Trinajstić information content (AvgIpc) is 2.50. The Bertz CT molecular complexity index is 388. The molecule has 1 aliphatic rings. The van der Waals surface area contributed by atoms with Crippen LogP contribution in [0.2, 0.25) is 0 Å². The Balaban J connectivity index is 2.07. The highest BCUT2D eigenvalue weighted by Gasteiger charge is 2.12. The Kier molecular flexibility index (Phi) is 10.0. The molecule has 0 aromatic rings. The van der Waals surface area contributed by atoms with Gasteiger partial charge in [-0.3, -0.25) is 0 Å². The lowest BCUT2D eigenvalue weighted by Crippen LogP contribution is -2.22. The summed E-state index contributed by atoms with van der Waals surface area (Å²) in [5.41, 5.74) is 0. The summed E-state index contributed by atoms with van der Waals surface area (Å²) in [4.78, 5) is 11.0. The van der Waals surface area contributed by atoms with E-state index < -0.39 is 0 Å². The minimum atomic E-state index is -0.326. The Morgan fingerprint density at radius 2 is 1.90 bits per heavy atom. The van der Waals surface area contributed by atoms with E-state index in [4.69, 9.17) is 14.2 Å². The van der Waals surface area contributed by atoms with Crippen molar-refractivity contribution in [1.82, 2.24) is 0 Å². The largest absolute Gasteiger partial charge is 0.463 e. The smallest absolute Gasteiger partial charge is 0.330 e. The zero-order chi connectivity index (χ0) is 15.2. The van der Waals surface area contributed by atoms with E-state index in [1.54, 1.807) is 19.1 Å². The van der Waals surface area contributed by atoms with Crippen LogP contribution in [0.15, 0.2) is 48.6 Å². The van der Waals surface area contributed by atoms with Gasteiger partial charge in [-0.25, -0.2) is 4.79 Å². The average molecular weight is 292 g/mol. The molecule has 4 heteroatoms. The van der Waals surface area contributed by atoms with Crippen LogP contribution in [0.3, 0.4) is 0 Å². The van der Waals surface area contributed by atoms with Gasteiger partial charge in [-0.2, -0.15) is 0 Å². The van der Waals surface area contributed by atoms with Crippen molar-refractivity contribution in [3.05, 3.63) is 48.6 Å². The molecule has 1 atom stereocenters. The summed E-state index contributed by atoms with van der Waals surface area (Å²) in [5, 5.41) is 0. The van der Waals surface area contributed by atoms with Crippen LogP contribution < -0.4 is 0 Å². The number of hydrogen-bond donors (Lipinski definition) is 0. The summed E-state index contributed by atoms with van der Waals surface area (Å²) in [6, 6.07) is 0. The first-order valence-corrected chi connectivity index (χ1v) is 7.39. The number of hydrogen-bond acceptors (Lipinski definition) is 4. The lowest BCUT2D eigenvalue weighted by atomic mass is 10.2. The second kappa shape index (κ2) is 12.1. The minimum absolute atomic E-state index is 0.0414. The summed E-state index contributed by atoms with van der Waals surface area (Å²) in [6.07, 6.45) is 17.5. The van der Waals surface area contributed by atoms with Crippen LogP contribution in [0, 0.1) is 0 Å². The first-order chi connectivity index (χ1) is 10.3. The SMILES string of the molecule is CCOC(=O)/C=C/C=C/C=C/C=C/COC1CCCCO1. The highest BCUT2D eigenvalue weighted by Crippen LogP contribution is 2.13. The first kappa shape index (κ1) is 17.4. The van der Waals surface area contributed by atoms with Crippen LogP contribution in [0.5, 0.6) is 0 Å². The van der Waals surface area contributed by atoms with E-state index in [1.807, 2.05) is 30.4 Å². The van der Waals surface area contributed by atoms with Crippen molar-refractivity contribution in [1.29, 1.82) is 0 Å². The maximum atomic E-state index is 11.0. The summed E-state index contributed by atoms with van der Waals surface area (Å²) in [6.45, 7) is 3.53. The van der Waals surface area contributed by atoms with Gasteiger partial charge >= 0.3 is 5.97 Å². The molecule has 0 aromatic heterocycles. The van der Waals surface area contributed by atoms with Crippen LogP contribution in [-0.4, -0.2) is 32.1 Å². The van der Waals surface area contributed by atoms with Gasteiger partial charge in [0.1, 0.15) is 0 Å². The fourth-order valence-electron chi connectivity index (χ4n) is 1.72. The molecule has 4 nitrogen and oxygen atoms in total. The first-order valence-electron chi connectivity index (χ1n) is 7.39. The molecule has 1 fully saturated rings. The maximum Gasteiger partial charge on any atom is 0.330 e. The van der Waals surface area contributed by atoms with Crippen LogP contribution in [-0.2, 0) is 19.0 Å². The molecule has 0 bridgehead atoms. The molecule has 0 aliphatic carbocycles. The molecule has 0 N–H and O–H groups in total. The summed E-state index contributed by atoms with van der Waals surface area (Å²) < 4.78 is 15.8. The van der Waals surface area contributed by atoms with Crippen LogP contribution in [0.1, 0.15) is 26.2 Å². The van der Waals surface area contributed by atoms with Gasteiger partial charge in [-0.05, 0) is 26.2 Å². The molecule has 0 amide bonds. The van der Waals surface area contributed by atoms with E-state index in [0.717, 1.165) is 19.4 Å². The molecule has 116 valence electrons. The van der Waals surface area contributed by atoms with Crippen molar-refractivity contribution < 1.29 is 19.0 Å². The van der Waals surface area contributed by atoms with Gasteiger partial charge in [-0.15, -0.1) is 0 Å². The third-order valence-electron chi connectivity index (χ3n) is 2.73. The van der Waals surface area contributed by atoms with Crippen molar-refractivity contribution in [2.75, 3.05) is 19.8 Å². The Hall–Kier alpha value is -1.65. The predicted octanol–water partition coefficient (Wildman–Crippen LogP) is 3.32. The molecule has 0 aromatic carbocycles. The molecular formula is C17H24O4. The minimum Gasteiger partial charge on any atom is -0.463 e. The molecule has 0 spiro atoms. The molecule has 1 heterocycles. The second-order valence-corrected chi connectivity index (χ2v) is 4.44. The molecule has 0 radical (unpaired) electrons. The Morgan fingerprint density at radius 3 is 2.62 bits per heavy atom. The molecule has 21 heavy (non-hydrogen) atoms. The van der Waals surface area contributed by atoms with E-state index in [-0.39, 0.29) is 12.3 Å². The van der Waals surface area contributed by atoms with Gasteiger partial charge in [0, 0.05) is 12.7 Å². The molecule has 1 saturated heterocycles. The van der Waals surface area contributed by atoms with Crippen molar-refractivity contribution in [2.45, 2.75) is 32.5 Å². The quantitative estimate of drug-likeness (QED) is 0.391. The van der Waals surface area contributed by atoms with Crippen LogP contribution >= 0.6 is 0 Å². The normalized spacial score (nSPS) is 20.1. The number of rotatable bonds is 8. The summed E-state index contributed by atoms with van der Waals surface area (Å²) in [7, 11) is 0. The monoisotopic (exact) mass is 292 g/mol. The number of carbonyl (C=O) groups is 1. The lowest BCUT2D eigenvalue weighted by Gasteiger charge is -2.21. The van der Waals surface area contributed by atoms with Gasteiger partial charge in [0.15, 0.2) is 6.29 Å². The lowest BCUT2D eigenvalue weighted by molar-refractivity contribution is -0.155. The molecule has 0 saturated carbocycles. The van der Waals surface area contributed by atoms with Gasteiger partial charge < -0.3 is 14.2 Å². The topological polar surface area (TPSA) is 44.8 Å². The summed E-state index contributed by atoms with van der Waals surface area (Å²) >= 11 is 0. The zero-order valence-corrected chi connectivity index (χ0v) is 12.6. The zero-order valence-electron chi connectivity index (χ0n) is 12.6. The highest BCUT2D eigenvalue weighted by atomic mass is 16.7. The summed E-state index contributed by atoms with van der Waals surface area (Å²) in [5.74, 6) is -0.326. The predicted molar refractivity (Wildman–Crippen MR) is 82.7 cm³/mol. The fourth-order valence-corrected chi connectivity index (χ4v) is 1.72. The van der Waals surface area contributed by atoms with Crippen molar-refractivity contribution in [2.24, 2.45) is 0 Å². The van der Waals surface area contributed by atoms with Gasteiger partial charge in [0.05, 0.1) is 13.2 Å². The molecular weight excluding hydrogens is 268 g/mol. The number of ether oxygens (including phenoxy) is 3. The highest BCUT2D eigenvalue weighted by molar-refractivity contribution is 5.82. The second-order valence-electron chi connectivity index (χ2n) is 4.44. The van der Waals surface area contributed by atoms with Crippen molar-refractivity contribution >= 4 is 5.97 Å². The van der Waals surface area contributed by atoms with E-state index in [1.165, 1.54) is 12.5 Å². The molecule has 1 unspecified atom stereocenters. The standard InChI is InChI=1S/C17H24O4/c1-2-19-16(18)12-8-6-4-3-5-7-10-14-20-17-13-9-11-15-21-17/h3-8,10,12,17H,2,9,11,13-15H2,1H3/b5-3+,6-4+,10-7+,12-8+. The van der Waals surface area contributed by atoms with Crippen LogP contribution in [0.4, 0.5) is 0 Å². The van der Waals surface area contributed by atoms with Gasteiger partial charge in [0.2, 0.25) is 0 Å². The fraction of sp³-hybridized carbons (Fsp3) is 0.471. The molecule has 1 rings (SSSR count). The third kappa shape index (κ3) is 9.82. The Morgan fingerprint density at radius 1 is 1.14 bits per heavy atom. The van der Waals surface area contributed by atoms with Crippen molar-refractivity contribution in [3.63, 3.8) is 0 Å². The number of carbonyl (C=O) groups excluding carboxylic acids is 1.